The lowest BCUT2D eigenvalue weighted by atomic mass is 10.1. The van der Waals surface area contributed by atoms with Gasteiger partial charge in [-0.1, -0.05) is 35.9 Å². The van der Waals surface area contributed by atoms with Gasteiger partial charge in [0.05, 0.1) is 16.3 Å². The number of pyridine rings is 1. The van der Waals surface area contributed by atoms with Gasteiger partial charge in [0.2, 0.25) is 0 Å². The summed E-state index contributed by atoms with van der Waals surface area (Å²) in [6.07, 6.45) is -3.07. The molecule has 0 radical (unpaired) electrons. The number of halogens is 4. The third-order valence-electron chi connectivity index (χ3n) is 2.49. The van der Waals surface area contributed by atoms with Crippen LogP contribution in [0.3, 0.4) is 0 Å². The highest BCUT2D eigenvalue weighted by atomic mass is 35.5. The Morgan fingerprint density at radius 1 is 1.16 bits per heavy atom. The Labute approximate surface area is 111 Å². The number of aldehydes is 1. The summed E-state index contributed by atoms with van der Waals surface area (Å²) in [7, 11) is 0. The van der Waals surface area contributed by atoms with Crippen LogP contribution in [0.5, 0.6) is 0 Å². The number of alkyl halides is 3. The third-order valence-corrected chi connectivity index (χ3v) is 2.78. The Hall–Kier alpha value is -1.88. The monoisotopic (exact) mass is 285 g/mol. The van der Waals surface area contributed by atoms with Crippen molar-refractivity contribution in [2.24, 2.45) is 0 Å². The molecule has 0 aliphatic heterocycles. The second-order valence-electron chi connectivity index (χ2n) is 3.79. The number of rotatable bonds is 2. The van der Waals surface area contributed by atoms with Crippen molar-refractivity contribution in [3.8, 4) is 11.3 Å². The molecule has 0 amide bonds. The Balaban J connectivity index is 2.42. The van der Waals surface area contributed by atoms with Crippen LogP contribution in [0.4, 0.5) is 13.2 Å². The fourth-order valence-corrected chi connectivity index (χ4v) is 1.80. The van der Waals surface area contributed by atoms with Crippen molar-refractivity contribution in [1.82, 2.24) is 4.98 Å². The molecule has 2 nitrogen and oxygen atoms in total. The maximum atomic E-state index is 12.5. The fraction of sp³-hybridized carbons (Fsp3) is 0.0769. The molecule has 0 saturated heterocycles. The van der Waals surface area contributed by atoms with E-state index in [0.717, 1.165) is 12.3 Å². The summed E-state index contributed by atoms with van der Waals surface area (Å²) in [5.74, 6) is 0. The highest BCUT2D eigenvalue weighted by Gasteiger charge is 2.31. The number of hydrogen-bond acceptors (Lipinski definition) is 2. The van der Waals surface area contributed by atoms with E-state index in [1.165, 1.54) is 12.1 Å². The van der Waals surface area contributed by atoms with E-state index in [1.807, 2.05) is 0 Å². The lowest BCUT2D eigenvalue weighted by Gasteiger charge is -2.09. The van der Waals surface area contributed by atoms with Crippen LogP contribution in [0.25, 0.3) is 11.3 Å². The van der Waals surface area contributed by atoms with Crippen LogP contribution in [0.2, 0.25) is 5.02 Å². The standard InChI is InChI=1S/C13H7ClF3NO/c14-11-5-10(13(15,16)17)6-18-12(11)9-3-1-8(7-19)2-4-9/h1-7H. The smallest absolute Gasteiger partial charge is 0.298 e. The quantitative estimate of drug-likeness (QED) is 0.773. The van der Waals surface area contributed by atoms with Gasteiger partial charge in [0.25, 0.3) is 0 Å². The molecule has 98 valence electrons. The van der Waals surface area contributed by atoms with Gasteiger partial charge in [-0.25, -0.2) is 0 Å². The van der Waals surface area contributed by atoms with Gasteiger partial charge in [0.15, 0.2) is 0 Å². The predicted octanol–water partition coefficient (Wildman–Crippen LogP) is 4.23. The summed E-state index contributed by atoms with van der Waals surface area (Å²) in [5, 5.41) is -0.0892. The average Bonchev–Trinajstić information content (AvgIpc) is 2.38. The molecule has 1 heterocycles. The van der Waals surface area contributed by atoms with Crippen molar-refractivity contribution >= 4 is 17.9 Å². The lowest BCUT2D eigenvalue weighted by Crippen LogP contribution is -2.05. The Morgan fingerprint density at radius 2 is 1.79 bits per heavy atom. The second kappa shape index (κ2) is 5.01. The normalized spacial score (nSPS) is 11.4. The number of nitrogens with zero attached hydrogens (tertiary/aromatic N) is 1. The minimum atomic E-state index is -4.48. The molecule has 0 N–H and O–H groups in total. The number of hydrogen-bond donors (Lipinski definition) is 0. The molecule has 2 rings (SSSR count). The van der Waals surface area contributed by atoms with Crippen LogP contribution in [0.15, 0.2) is 36.5 Å². The first-order valence-electron chi connectivity index (χ1n) is 5.20. The van der Waals surface area contributed by atoms with E-state index in [2.05, 4.69) is 4.98 Å². The first kappa shape index (κ1) is 13.5. The Morgan fingerprint density at radius 3 is 2.26 bits per heavy atom. The van der Waals surface area contributed by atoms with Gasteiger partial charge in [0, 0.05) is 17.3 Å². The van der Waals surface area contributed by atoms with Gasteiger partial charge in [0.1, 0.15) is 6.29 Å². The molecule has 0 bridgehead atoms. The molecule has 0 unspecified atom stereocenters. The van der Waals surface area contributed by atoms with E-state index in [1.54, 1.807) is 12.1 Å². The van der Waals surface area contributed by atoms with E-state index in [4.69, 9.17) is 11.6 Å². The van der Waals surface area contributed by atoms with Crippen LogP contribution in [-0.4, -0.2) is 11.3 Å². The summed E-state index contributed by atoms with van der Waals surface area (Å²) in [6, 6.07) is 7.06. The lowest BCUT2D eigenvalue weighted by molar-refractivity contribution is -0.137. The first-order valence-corrected chi connectivity index (χ1v) is 5.58. The zero-order valence-corrected chi connectivity index (χ0v) is 10.2. The summed E-state index contributed by atoms with van der Waals surface area (Å²) >= 11 is 5.81. The Bertz CT molecular complexity index is 608. The zero-order valence-electron chi connectivity index (χ0n) is 9.41. The summed E-state index contributed by atoms with van der Waals surface area (Å²) in [6.45, 7) is 0. The summed E-state index contributed by atoms with van der Waals surface area (Å²) < 4.78 is 37.4. The molecule has 0 saturated carbocycles. The Kier molecular flexibility index (Phi) is 3.57. The largest absolute Gasteiger partial charge is 0.417 e. The van der Waals surface area contributed by atoms with E-state index >= 15 is 0 Å². The SMILES string of the molecule is O=Cc1ccc(-c2ncc(C(F)(F)F)cc2Cl)cc1. The molecule has 1 aromatic heterocycles. The minimum Gasteiger partial charge on any atom is -0.298 e. The number of benzene rings is 1. The van der Waals surface area contributed by atoms with Crippen LogP contribution in [0.1, 0.15) is 15.9 Å². The van der Waals surface area contributed by atoms with Crippen molar-refractivity contribution in [3.63, 3.8) is 0 Å². The van der Waals surface area contributed by atoms with Crippen LogP contribution < -0.4 is 0 Å². The second-order valence-corrected chi connectivity index (χ2v) is 4.20. The predicted molar refractivity (Wildman–Crippen MR) is 65.1 cm³/mol. The molecule has 19 heavy (non-hydrogen) atoms. The van der Waals surface area contributed by atoms with Gasteiger partial charge >= 0.3 is 6.18 Å². The summed E-state index contributed by atoms with van der Waals surface area (Å²) in [5.41, 5.74) is 0.356. The van der Waals surface area contributed by atoms with Crippen molar-refractivity contribution in [2.75, 3.05) is 0 Å². The van der Waals surface area contributed by atoms with E-state index in [-0.39, 0.29) is 10.7 Å². The molecule has 6 heteroatoms. The van der Waals surface area contributed by atoms with Gasteiger partial charge in [-0.2, -0.15) is 13.2 Å². The van der Waals surface area contributed by atoms with Gasteiger partial charge in [-0.3, -0.25) is 9.78 Å². The van der Waals surface area contributed by atoms with Crippen LogP contribution in [0, 0.1) is 0 Å². The molecular weight excluding hydrogens is 279 g/mol. The van der Waals surface area contributed by atoms with Crippen molar-refractivity contribution in [3.05, 3.63) is 52.7 Å². The van der Waals surface area contributed by atoms with Crippen molar-refractivity contribution in [1.29, 1.82) is 0 Å². The number of aromatic nitrogens is 1. The third kappa shape index (κ3) is 2.93. The first-order chi connectivity index (χ1) is 8.91. The maximum Gasteiger partial charge on any atom is 0.417 e. The van der Waals surface area contributed by atoms with Crippen LogP contribution in [-0.2, 0) is 6.18 Å². The van der Waals surface area contributed by atoms with E-state index < -0.39 is 11.7 Å². The van der Waals surface area contributed by atoms with E-state index in [9.17, 15) is 18.0 Å². The highest BCUT2D eigenvalue weighted by molar-refractivity contribution is 6.33. The molecule has 0 spiro atoms. The molecular formula is C13H7ClF3NO. The molecule has 0 aliphatic rings. The topological polar surface area (TPSA) is 30.0 Å². The van der Waals surface area contributed by atoms with E-state index in [0.29, 0.717) is 17.4 Å². The number of carbonyl (C=O) groups excluding carboxylic acids is 1. The van der Waals surface area contributed by atoms with Crippen molar-refractivity contribution in [2.45, 2.75) is 6.18 Å². The molecule has 2 aromatic rings. The summed E-state index contributed by atoms with van der Waals surface area (Å²) in [4.78, 5) is 14.2. The molecule has 1 aromatic carbocycles. The fourth-order valence-electron chi connectivity index (χ4n) is 1.52. The molecule has 0 aliphatic carbocycles. The highest BCUT2D eigenvalue weighted by Crippen LogP contribution is 2.33. The number of carbonyl (C=O) groups is 1. The van der Waals surface area contributed by atoms with Gasteiger partial charge in [-0.05, 0) is 6.07 Å². The molecule has 0 fully saturated rings. The van der Waals surface area contributed by atoms with Gasteiger partial charge in [-0.15, -0.1) is 0 Å². The zero-order chi connectivity index (χ0) is 14.0. The molecule has 0 atom stereocenters. The van der Waals surface area contributed by atoms with Gasteiger partial charge < -0.3 is 0 Å². The maximum absolute atomic E-state index is 12.5. The average molecular weight is 286 g/mol. The minimum absolute atomic E-state index is 0.0892. The van der Waals surface area contributed by atoms with Crippen LogP contribution >= 0.6 is 11.6 Å². The van der Waals surface area contributed by atoms with Crippen molar-refractivity contribution < 1.29 is 18.0 Å².